The molecular formula is C32H22NO+. The summed E-state index contributed by atoms with van der Waals surface area (Å²) in [6, 6.07) is 42.8. The molecule has 0 spiro atoms. The van der Waals surface area contributed by atoms with Gasteiger partial charge in [-0.05, 0) is 45.8 Å². The van der Waals surface area contributed by atoms with Gasteiger partial charge in [-0.1, -0.05) is 84.9 Å². The average molecular weight is 437 g/mol. The van der Waals surface area contributed by atoms with Crippen molar-refractivity contribution in [1.82, 2.24) is 0 Å². The minimum atomic E-state index is 0.739. The second-order valence-electron chi connectivity index (χ2n) is 8.82. The van der Waals surface area contributed by atoms with Gasteiger partial charge in [0.05, 0.1) is 6.07 Å². The highest BCUT2D eigenvalue weighted by molar-refractivity contribution is 6.24. The lowest BCUT2D eigenvalue weighted by Crippen LogP contribution is -2.36. The van der Waals surface area contributed by atoms with Crippen LogP contribution in [0.15, 0.2) is 121 Å². The second kappa shape index (κ2) is 7.57. The fraction of sp³-hybridized carbons (Fsp3) is 0.0312. The number of pyridine rings is 1. The van der Waals surface area contributed by atoms with Gasteiger partial charge < -0.3 is 4.74 Å². The first kappa shape index (κ1) is 19.1. The van der Waals surface area contributed by atoms with Crippen molar-refractivity contribution >= 4 is 43.2 Å². The second-order valence-corrected chi connectivity index (χ2v) is 8.82. The monoisotopic (exact) mass is 436 g/mol. The van der Waals surface area contributed by atoms with Gasteiger partial charge in [-0.25, -0.2) is 0 Å². The Labute approximate surface area is 197 Å². The molecule has 0 atom stereocenters. The summed E-state index contributed by atoms with van der Waals surface area (Å²) >= 11 is 0. The van der Waals surface area contributed by atoms with E-state index in [1.165, 1.54) is 37.9 Å². The molecule has 0 aliphatic heterocycles. The highest BCUT2D eigenvalue weighted by Gasteiger charge is 2.20. The van der Waals surface area contributed by atoms with Crippen molar-refractivity contribution in [3.63, 3.8) is 0 Å². The summed E-state index contributed by atoms with van der Waals surface area (Å²) < 4.78 is 8.98. The van der Waals surface area contributed by atoms with Crippen LogP contribution in [-0.2, 0) is 6.54 Å². The molecule has 7 aromatic rings. The smallest absolute Gasteiger partial charge is 0.374 e. The maximum Gasteiger partial charge on any atom is 0.374 e. The van der Waals surface area contributed by atoms with Gasteiger partial charge in [-0.2, -0.15) is 4.57 Å². The molecule has 0 unspecified atom stereocenters. The lowest BCUT2D eigenvalue weighted by atomic mass is 9.94. The Morgan fingerprint density at radius 1 is 0.500 bits per heavy atom. The van der Waals surface area contributed by atoms with Crippen molar-refractivity contribution in [3.8, 4) is 11.6 Å². The Balaban J connectivity index is 1.43. The van der Waals surface area contributed by atoms with Crippen LogP contribution in [0.4, 0.5) is 0 Å². The molecule has 0 radical (unpaired) electrons. The van der Waals surface area contributed by atoms with Crippen LogP contribution in [0.3, 0.4) is 0 Å². The number of hydrogen-bond donors (Lipinski definition) is 0. The van der Waals surface area contributed by atoms with Crippen molar-refractivity contribution in [2.75, 3.05) is 0 Å². The Morgan fingerprint density at radius 2 is 1.15 bits per heavy atom. The van der Waals surface area contributed by atoms with E-state index in [1.807, 2.05) is 0 Å². The molecule has 34 heavy (non-hydrogen) atoms. The van der Waals surface area contributed by atoms with Gasteiger partial charge in [0, 0.05) is 27.8 Å². The molecule has 0 bridgehead atoms. The number of aromatic nitrogens is 1. The molecule has 0 saturated heterocycles. The molecule has 0 saturated carbocycles. The largest absolute Gasteiger partial charge is 0.404 e. The van der Waals surface area contributed by atoms with Gasteiger partial charge in [-0.15, -0.1) is 0 Å². The zero-order chi connectivity index (χ0) is 22.5. The molecule has 2 nitrogen and oxygen atoms in total. The first-order chi connectivity index (χ1) is 16.8. The highest BCUT2D eigenvalue weighted by atomic mass is 16.5. The quantitative estimate of drug-likeness (QED) is 0.202. The molecule has 0 aliphatic carbocycles. The zero-order valence-electron chi connectivity index (χ0n) is 18.6. The third-order valence-corrected chi connectivity index (χ3v) is 6.79. The van der Waals surface area contributed by atoms with Crippen LogP contribution in [0.1, 0.15) is 5.56 Å². The maximum absolute atomic E-state index is 6.71. The normalized spacial score (nSPS) is 11.6. The third kappa shape index (κ3) is 3.00. The maximum atomic E-state index is 6.71. The molecule has 0 amide bonds. The predicted molar refractivity (Wildman–Crippen MR) is 140 cm³/mol. The summed E-state index contributed by atoms with van der Waals surface area (Å²) in [5.41, 5.74) is 2.39. The number of rotatable bonds is 4. The van der Waals surface area contributed by atoms with Gasteiger partial charge in [0.2, 0.25) is 5.52 Å². The molecule has 1 aromatic heterocycles. The van der Waals surface area contributed by atoms with E-state index in [4.69, 9.17) is 4.74 Å². The van der Waals surface area contributed by atoms with Crippen molar-refractivity contribution in [2.24, 2.45) is 0 Å². The van der Waals surface area contributed by atoms with Gasteiger partial charge in [0.1, 0.15) is 5.75 Å². The van der Waals surface area contributed by atoms with E-state index in [1.54, 1.807) is 0 Å². The number of ether oxygens (including phenoxy) is 1. The van der Waals surface area contributed by atoms with Gasteiger partial charge in [0.25, 0.3) is 0 Å². The molecule has 0 N–H and O–H groups in total. The first-order valence-corrected chi connectivity index (χ1v) is 11.7. The van der Waals surface area contributed by atoms with E-state index in [2.05, 4.69) is 126 Å². The van der Waals surface area contributed by atoms with Crippen LogP contribution in [0.5, 0.6) is 11.6 Å². The molecule has 7 rings (SSSR count). The van der Waals surface area contributed by atoms with Crippen molar-refractivity contribution in [2.45, 2.75) is 6.54 Å². The fourth-order valence-electron chi connectivity index (χ4n) is 5.17. The minimum Gasteiger partial charge on any atom is -0.404 e. The molecule has 0 aliphatic rings. The Bertz CT molecular complexity index is 1790. The lowest BCUT2D eigenvalue weighted by molar-refractivity contribution is -0.666. The van der Waals surface area contributed by atoms with Gasteiger partial charge in [-0.3, -0.25) is 0 Å². The van der Waals surface area contributed by atoms with Crippen molar-refractivity contribution < 1.29 is 9.30 Å². The molecule has 6 aromatic carbocycles. The fourth-order valence-corrected chi connectivity index (χ4v) is 5.17. The van der Waals surface area contributed by atoms with Crippen LogP contribution in [0.25, 0.3) is 43.2 Å². The van der Waals surface area contributed by atoms with Gasteiger partial charge in [0.15, 0.2) is 6.54 Å². The van der Waals surface area contributed by atoms with E-state index < -0.39 is 0 Å². The molecule has 1 heterocycles. The van der Waals surface area contributed by atoms with Crippen molar-refractivity contribution in [3.05, 3.63) is 127 Å². The number of fused-ring (bicyclic) bond motifs is 1. The Morgan fingerprint density at radius 3 is 2.00 bits per heavy atom. The van der Waals surface area contributed by atoms with Crippen LogP contribution >= 0.6 is 0 Å². The van der Waals surface area contributed by atoms with Gasteiger partial charge >= 0.3 is 5.88 Å². The number of para-hydroxylation sites is 1. The SMILES string of the molecule is c1ccc(C[n+]2c(Oc3ccc4ccc5cccc6ccc3c4c56)ccc3ccccc32)cc1. The molecular weight excluding hydrogens is 414 g/mol. The molecule has 160 valence electrons. The zero-order valence-corrected chi connectivity index (χ0v) is 18.6. The summed E-state index contributed by atoms with van der Waals surface area (Å²) in [6.07, 6.45) is 0. The number of hydrogen-bond acceptors (Lipinski definition) is 1. The van der Waals surface area contributed by atoms with E-state index >= 15 is 0 Å². The Kier molecular flexibility index (Phi) is 4.25. The summed E-state index contributed by atoms with van der Waals surface area (Å²) in [5.74, 6) is 1.71. The summed E-state index contributed by atoms with van der Waals surface area (Å²) in [7, 11) is 0. The predicted octanol–water partition coefficient (Wildman–Crippen LogP) is 7.87. The van der Waals surface area contributed by atoms with E-state index in [0.717, 1.165) is 29.1 Å². The Hall–Kier alpha value is -4.43. The third-order valence-electron chi connectivity index (χ3n) is 6.79. The van der Waals surface area contributed by atoms with Crippen LogP contribution in [0.2, 0.25) is 0 Å². The van der Waals surface area contributed by atoms with E-state index in [9.17, 15) is 0 Å². The molecule has 0 fully saturated rings. The van der Waals surface area contributed by atoms with Crippen LogP contribution < -0.4 is 9.30 Å². The summed E-state index contributed by atoms with van der Waals surface area (Å²) in [5, 5.41) is 8.67. The average Bonchev–Trinajstić information content (AvgIpc) is 2.90. The highest BCUT2D eigenvalue weighted by Crippen LogP contribution is 2.39. The van der Waals surface area contributed by atoms with E-state index in [-0.39, 0.29) is 0 Å². The standard InChI is InChI=1S/C32H22NO/c1-2-7-22(8-3-1)21-33-28-12-5-4-9-23(28)17-20-30(33)34-29-19-16-26-14-13-24-10-6-11-25-15-18-27(29)32(26)31(24)25/h1-20H,21H2/q+1. The van der Waals surface area contributed by atoms with Crippen LogP contribution in [-0.4, -0.2) is 0 Å². The van der Waals surface area contributed by atoms with E-state index in [0.29, 0.717) is 0 Å². The van der Waals surface area contributed by atoms with Crippen LogP contribution in [0, 0.1) is 0 Å². The summed E-state index contributed by atoms with van der Waals surface area (Å²) in [4.78, 5) is 0. The lowest BCUT2D eigenvalue weighted by Gasteiger charge is -2.14. The topological polar surface area (TPSA) is 13.1 Å². The first-order valence-electron chi connectivity index (χ1n) is 11.7. The summed E-state index contributed by atoms with van der Waals surface area (Å²) in [6.45, 7) is 0.739. The number of benzene rings is 6. The van der Waals surface area contributed by atoms with Crippen molar-refractivity contribution in [1.29, 1.82) is 0 Å². The minimum absolute atomic E-state index is 0.739. The molecule has 2 heteroatoms. The number of nitrogens with zero attached hydrogens (tertiary/aromatic N) is 1.